The summed E-state index contributed by atoms with van der Waals surface area (Å²) in [6.45, 7) is 1.84. The quantitative estimate of drug-likeness (QED) is 0.823. The number of carbonyl (C=O) groups excluding carboxylic acids is 1. The average molecular weight is 349 g/mol. The molecule has 8 heteroatoms. The average Bonchev–Trinajstić information content (AvgIpc) is 2.61. The summed E-state index contributed by atoms with van der Waals surface area (Å²) in [5.74, 6) is -0.211. The van der Waals surface area contributed by atoms with Crippen LogP contribution in [0.3, 0.4) is 0 Å². The van der Waals surface area contributed by atoms with E-state index in [-0.39, 0.29) is 28.2 Å². The number of hydrogen-bond acceptors (Lipinski definition) is 5. The largest absolute Gasteiger partial charge is 0.495 e. The number of hydrogen-bond donors (Lipinski definition) is 2. The SMILES string of the molecule is CNS(=O)(=O)c1cc(C(=O)NC(C)c2ccncc2)ccc1OC. The van der Waals surface area contributed by atoms with Crippen molar-refractivity contribution in [3.63, 3.8) is 0 Å². The summed E-state index contributed by atoms with van der Waals surface area (Å²) in [6.07, 6.45) is 3.28. The molecule has 1 amide bonds. The van der Waals surface area contributed by atoms with Crippen LogP contribution in [0.1, 0.15) is 28.9 Å². The molecule has 1 atom stereocenters. The number of methoxy groups -OCH3 is 1. The molecular weight excluding hydrogens is 330 g/mol. The van der Waals surface area contributed by atoms with Crippen molar-refractivity contribution in [2.75, 3.05) is 14.2 Å². The van der Waals surface area contributed by atoms with E-state index in [0.717, 1.165) is 5.56 Å². The molecule has 0 spiro atoms. The van der Waals surface area contributed by atoms with Crippen LogP contribution in [0.2, 0.25) is 0 Å². The summed E-state index contributed by atoms with van der Waals surface area (Å²) >= 11 is 0. The van der Waals surface area contributed by atoms with E-state index in [0.29, 0.717) is 0 Å². The van der Waals surface area contributed by atoms with Crippen molar-refractivity contribution in [1.82, 2.24) is 15.0 Å². The van der Waals surface area contributed by atoms with Gasteiger partial charge in [0.2, 0.25) is 10.0 Å². The predicted molar refractivity (Wildman–Crippen MR) is 89.4 cm³/mol. The zero-order chi connectivity index (χ0) is 17.7. The molecule has 24 heavy (non-hydrogen) atoms. The minimum absolute atomic E-state index is 0.0864. The van der Waals surface area contributed by atoms with Gasteiger partial charge in [0.15, 0.2) is 0 Å². The highest BCUT2D eigenvalue weighted by atomic mass is 32.2. The first-order valence-corrected chi connectivity index (χ1v) is 8.69. The molecule has 0 aliphatic carbocycles. The zero-order valence-electron chi connectivity index (χ0n) is 13.6. The molecule has 0 aliphatic rings. The molecule has 2 aromatic rings. The van der Waals surface area contributed by atoms with Crippen LogP contribution < -0.4 is 14.8 Å². The van der Waals surface area contributed by atoms with Crippen molar-refractivity contribution in [3.05, 3.63) is 53.9 Å². The molecule has 1 aromatic carbocycles. The van der Waals surface area contributed by atoms with E-state index in [1.54, 1.807) is 24.5 Å². The van der Waals surface area contributed by atoms with E-state index in [1.165, 1.54) is 32.4 Å². The lowest BCUT2D eigenvalue weighted by Gasteiger charge is -2.15. The molecule has 0 aliphatic heterocycles. The molecule has 128 valence electrons. The van der Waals surface area contributed by atoms with E-state index in [4.69, 9.17) is 4.74 Å². The Labute approximate surface area is 141 Å². The standard InChI is InChI=1S/C16H19N3O4S/c1-11(12-6-8-18-9-7-12)19-16(20)13-4-5-14(23-3)15(10-13)24(21,22)17-2/h4-11,17H,1-3H3,(H,19,20). The lowest BCUT2D eigenvalue weighted by atomic mass is 10.1. The van der Waals surface area contributed by atoms with E-state index in [9.17, 15) is 13.2 Å². The number of rotatable bonds is 6. The van der Waals surface area contributed by atoms with Crippen LogP contribution in [-0.4, -0.2) is 33.5 Å². The van der Waals surface area contributed by atoms with Crippen LogP contribution in [0.5, 0.6) is 5.75 Å². The van der Waals surface area contributed by atoms with E-state index in [1.807, 2.05) is 6.92 Å². The fraction of sp³-hybridized carbons (Fsp3) is 0.250. The Kier molecular flexibility index (Phi) is 5.53. The number of benzene rings is 1. The minimum atomic E-state index is -3.74. The summed E-state index contributed by atoms with van der Waals surface area (Å²) < 4.78 is 31.4. The third-order valence-corrected chi connectivity index (χ3v) is 4.97. The Bertz CT molecular complexity index is 822. The molecule has 0 saturated heterocycles. The molecule has 0 fully saturated rings. The van der Waals surface area contributed by atoms with Gasteiger partial charge in [0, 0.05) is 18.0 Å². The highest BCUT2D eigenvalue weighted by Gasteiger charge is 2.20. The molecule has 1 unspecified atom stereocenters. The van der Waals surface area contributed by atoms with Gasteiger partial charge in [0.05, 0.1) is 13.2 Å². The molecule has 0 bridgehead atoms. The Morgan fingerprint density at radius 2 is 1.88 bits per heavy atom. The highest BCUT2D eigenvalue weighted by Crippen LogP contribution is 2.25. The second-order valence-corrected chi connectivity index (χ2v) is 6.90. The van der Waals surface area contributed by atoms with Crippen LogP contribution in [0.4, 0.5) is 0 Å². The summed E-state index contributed by atoms with van der Waals surface area (Å²) in [7, 11) is -1.07. The first-order chi connectivity index (χ1) is 11.4. The normalized spacial score (nSPS) is 12.5. The predicted octanol–water partition coefficient (Wildman–Crippen LogP) is 1.49. The number of nitrogens with one attached hydrogen (secondary N) is 2. The Morgan fingerprint density at radius 3 is 2.46 bits per heavy atom. The van der Waals surface area contributed by atoms with Gasteiger partial charge in [-0.15, -0.1) is 0 Å². The van der Waals surface area contributed by atoms with Gasteiger partial charge < -0.3 is 10.1 Å². The Morgan fingerprint density at radius 1 is 1.21 bits per heavy atom. The molecule has 2 N–H and O–H groups in total. The van der Waals surface area contributed by atoms with E-state index >= 15 is 0 Å². The summed E-state index contributed by atoms with van der Waals surface area (Å²) in [5.41, 5.74) is 1.13. The molecule has 1 aromatic heterocycles. The topological polar surface area (TPSA) is 97.4 Å². The van der Waals surface area contributed by atoms with Crippen LogP contribution in [0.25, 0.3) is 0 Å². The number of sulfonamides is 1. The first kappa shape index (κ1) is 17.9. The number of ether oxygens (including phenoxy) is 1. The molecular formula is C16H19N3O4S. The zero-order valence-corrected chi connectivity index (χ0v) is 14.4. The Hall–Kier alpha value is -2.45. The van der Waals surface area contributed by atoms with Crippen molar-refractivity contribution < 1.29 is 17.9 Å². The summed E-state index contributed by atoms with van der Waals surface area (Å²) in [6, 6.07) is 7.62. The number of nitrogens with zero attached hydrogens (tertiary/aromatic N) is 1. The molecule has 0 saturated carbocycles. The van der Waals surface area contributed by atoms with Crippen LogP contribution in [-0.2, 0) is 10.0 Å². The first-order valence-electron chi connectivity index (χ1n) is 7.21. The van der Waals surface area contributed by atoms with E-state index in [2.05, 4.69) is 15.0 Å². The van der Waals surface area contributed by atoms with Gasteiger partial charge in [0.25, 0.3) is 5.91 Å². The van der Waals surface area contributed by atoms with Gasteiger partial charge in [-0.2, -0.15) is 0 Å². The lowest BCUT2D eigenvalue weighted by molar-refractivity contribution is 0.0939. The fourth-order valence-electron chi connectivity index (χ4n) is 2.15. The monoisotopic (exact) mass is 349 g/mol. The van der Waals surface area contributed by atoms with E-state index < -0.39 is 10.0 Å². The molecule has 0 radical (unpaired) electrons. The minimum Gasteiger partial charge on any atom is -0.495 e. The van der Waals surface area contributed by atoms with Crippen LogP contribution in [0.15, 0.2) is 47.6 Å². The maximum absolute atomic E-state index is 12.4. The van der Waals surface area contributed by atoms with Gasteiger partial charge in [-0.05, 0) is 49.9 Å². The van der Waals surface area contributed by atoms with Crippen molar-refractivity contribution >= 4 is 15.9 Å². The summed E-state index contributed by atoms with van der Waals surface area (Å²) in [5, 5.41) is 2.82. The van der Waals surface area contributed by atoms with Crippen molar-refractivity contribution in [1.29, 1.82) is 0 Å². The third kappa shape index (κ3) is 3.90. The van der Waals surface area contributed by atoms with Crippen LogP contribution in [0, 0.1) is 0 Å². The van der Waals surface area contributed by atoms with Gasteiger partial charge >= 0.3 is 0 Å². The molecule has 7 nitrogen and oxygen atoms in total. The molecule has 2 rings (SSSR count). The lowest BCUT2D eigenvalue weighted by Crippen LogP contribution is -2.27. The fourth-order valence-corrected chi connectivity index (χ4v) is 3.07. The van der Waals surface area contributed by atoms with Gasteiger partial charge in [0.1, 0.15) is 10.6 Å². The number of amides is 1. The number of carbonyl (C=O) groups is 1. The van der Waals surface area contributed by atoms with Gasteiger partial charge in [-0.25, -0.2) is 13.1 Å². The van der Waals surface area contributed by atoms with Crippen molar-refractivity contribution in [2.45, 2.75) is 17.9 Å². The summed E-state index contributed by atoms with van der Waals surface area (Å²) in [4.78, 5) is 16.3. The second kappa shape index (κ2) is 7.41. The highest BCUT2D eigenvalue weighted by molar-refractivity contribution is 7.89. The molecule has 1 heterocycles. The third-order valence-electron chi connectivity index (χ3n) is 3.54. The maximum atomic E-state index is 12.4. The number of pyridine rings is 1. The van der Waals surface area contributed by atoms with Crippen molar-refractivity contribution in [3.8, 4) is 5.75 Å². The number of aromatic nitrogens is 1. The maximum Gasteiger partial charge on any atom is 0.251 e. The van der Waals surface area contributed by atoms with Crippen molar-refractivity contribution in [2.24, 2.45) is 0 Å². The second-order valence-electron chi connectivity index (χ2n) is 5.05. The smallest absolute Gasteiger partial charge is 0.251 e. The van der Waals surface area contributed by atoms with Crippen LogP contribution >= 0.6 is 0 Å². The Balaban J connectivity index is 2.29. The van der Waals surface area contributed by atoms with Gasteiger partial charge in [-0.3, -0.25) is 9.78 Å². The van der Waals surface area contributed by atoms with Gasteiger partial charge in [-0.1, -0.05) is 0 Å².